The molecule has 0 spiro atoms. The summed E-state index contributed by atoms with van der Waals surface area (Å²) in [6.45, 7) is 2.31. The van der Waals surface area contributed by atoms with E-state index in [4.69, 9.17) is 5.11 Å². The van der Waals surface area contributed by atoms with E-state index in [0.29, 0.717) is 30.6 Å². The zero-order valence-electron chi connectivity index (χ0n) is 22.0. The maximum Gasteiger partial charge on any atom is 0.305 e. The summed E-state index contributed by atoms with van der Waals surface area (Å²) in [5.41, 5.74) is 5.82. The van der Waals surface area contributed by atoms with Crippen molar-refractivity contribution in [1.29, 1.82) is 0 Å². The lowest BCUT2D eigenvalue weighted by Crippen LogP contribution is -2.22. The van der Waals surface area contributed by atoms with Gasteiger partial charge in [-0.1, -0.05) is 78.9 Å². The molecule has 39 heavy (non-hydrogen) atoms. The zero-order chi connectivity index (χ0) is 27.8. The predicted molar refractivity (Wildman–Crippen MR) is 152 cm³/mol. The molecule has 1 amide bonds. The number of aliphatic hydroxyl groups excluding tert-OH is 2. The second-order valence-electron chi connectivity index (χ2n) is 9.71. The minimum atomic E-state index is -1.13. The van der Waals surface area contributed by atoms with E-state index in [1.807, 2.05) is 97.9 Å². The van der Waals surface area contributed by atoms with Crippen LogP contribution in [0, 0.1) is 6.92 Å². The molecule has 4 rings (SSSR count). The molecule has 0 aliphatic rings. The summed E-state index contributed by atoms with van der Waals surface area (Å²) in [5, 5.41) is 32.6. The standard InChI is InChI=1S/C32H34N2O5/c1-22-30(32(39)33-25-15-9-4-10-16-25)31(24-13-7-3-8-14-24)28(19-23-11-5-2-6-12-23)34(22)18-17-26(35)20-27(36)21-29(37)38/h2-16,26-27,35-36H,17-21H2,1H3,(H,33,39)(H,37,38)/t26-,27-/m1/s1. The van der Waals surface area contributed by atoms with Gasteiger partial charge in [-0.25, -0.2) is 0 Å². The quantitative estimate of drug-likeness (QED) is 0.201. The number of aliphatic carboxylic acids is 1. The summed E-state index contributed by atoms with van der Waals surface area (Å²) in [5.74, 6) is -1.33. The first-order valence-electron chi connectivity index (χ1n) is 13.1. The monoisotopic (exact) mass is 526 g/mol. The number of carboxylic acids is 1. The van der Waals surface area contributed by atoms with E-state index >= 15 is 0 Å². The van der Waals surface area contributed by atoms with Gasteiger partial charge in [0.2, 0.25) is 0 Å². The van der Waals surface area contributed by atoms with Crippen LogP contribution in [0.25, 0.3) is 11.1 Å². The number of nitrogens with zero attached hydrogens (tertiary/aromatic N) is 1. The van der Waals surface area contributed by atoms with Crippen LogP contribution in [0.3, 0.4) is 0 Å². The van der Waals surface area contributed by atoms with Crippen molar-refractivity contribution in [3.63, 3.8) is 0 Å². The fraction of sp³-hybridized carbons (Fsp3) is 0.250. The van der Waals surface area contributed by atoms with Gasteiger partial charge in [-0.3, -0.25) is 9.59 Å². The number of amides is 1. The van der Waals surface area contributed by atoms with Crippen LogP contribution in [0.2, 0.25) is 0 Å². The molecule has 4 aromatic rings. The molecule has 202 valence electrons. The second-order valence-corrected chi connectivity index (χ2v) is 9.71. The topological polar surface area (TPSA) is 112 Å². The van der Waals surface area contributed by atoms with Gasteiger partial charge < -0.3 is 25.2 Å². The molecule has 0 fully saturated rings. The number of aromatic nitrogens is 1. The average Bonchev–Trinajstić information content (AvgIpc) is 3.19. The summed E-state index contributed by atoms with van der Waals surface area (Å²) in [6.07, 6.45) is -1.61. The van der Waals surface area contributed by atoms with E-state index in [1.54, 1.807) is 0 Å². The number of hydrogen-bond acceptors (Lipinski definition) is 4. The Balaban J connectivity index is 1.76. The first kappa shape index (κ1) is 27.8. The number of carbonyl (C=O) groups excluding carboxylic acids is 1. The van der Waals surface area contributed by atoms with Gasteiger partial charge in [-0.15, -0.1) is 0 Å². The highest BCUT2D eigenvalue weighted by molar-refractivity contribution is 6.10. The number of aliphatic hydroxyl groups is 2. The van der Waals surface area contributed by atoms with Crippen LogP contribution in [0.5, 0.6) is 0 Å². The van der Waals surface area contributed by atoms with Crippen molar-refractivity contribution in [2.75, 3.05) is 5.32 Å². The van der Waals surface area contributed by atoms with Crippen molar-refractivity contribution in [3.05, 3.63) is 114 Å². The maximum atomic E-state index is 13.8. The molecule has 0 radical (unpaired) electrons. The van der Waals surface area contributed by atoms with Crippen LogP contribution >= 0.6 is 0 Å². The lowest BCUT2D eigenvalue weighted by atomic mass is 9.96. The number of anilines is 1. The number of benzene rings is 3. The van der Waals surface area contributed by atoms with Gasteiger partial charge in [-0.05, 0) is 43.0 Å². The molecule has 0 unspecified atom stereocenters. The third-order valence-corrected chi connectivity index (χ3v) is 6.81. The van der Waals surface area contributed by atoms with Gasteiger partial charge in [0.05, 0.1) is 24.2 Å². The Labute approximate surface area is 228 Å². The van der Waals surface area contributed by atoms with Crippen molar-refractivity contribution in [2.24, 2.45) is 0 Å². The van der Waals surface area contributed by atoms with E-state index < -0.39 is 24.6 Å². The molecular weight excluding hydrogens is 492 g/mol. The number of nitrogens with one attached hydrogen (secondary N) is 1. The number of carboxylic acid groups (broad SMARTS) is 1. The van der Waals surface area contributed by atoms with Crippen LogP contribution in [0.15, 0.2) is 91.0 Å². The minimum Gasteiger partial charge on any atom is -0.481 e. The van der Waals surface area contributed by atoms with Gasteiger partial charge in [0.15, 0.2) is 0 Å². The highest BCUT2D eigenvalue weighted by atomic mass is 16.4. The Morgan fingerprint density at radius 1 is 0.846 bits per heavy atom. The summed E-state index contributed by atoms with van der Waals surface area (Å²) in [7, 11) is 0. The Morgan fingerprint density at radius 2 is 1.44 bits per heavy atom. The molecule has 0 saturated heterocycles. The second kappa shape index (κ2) is 13.0. The third kappa shape index (κ3) is 7.22. The molecule has 7 heteroatoms. The summed E-state index contributed by atoms with van der Waals surface area (Å²) in [4.78, 5) is 24.7. The van der Waals surface area contributed by atoms with Crippen LogP contribution < -0.4 is 5.32 Å². The fourth-order valence-electron chi connectivity index (χ4n) is 4.98. The predicted octanol–water partition coefficient (Wildman–Crippen LogP) is 5.28. The highest BCUT2D eigenvalue weighted by Crippen LogP contribution is 2.35. The lowest BCUT2D eigenvalue weighted by Gasteiger charge is -2.18. The summed E-state index contributed by atoms with van der Waals surface area (Å²) >= 11 is 0. The van der Waals surface area contributed by atoms with Crippen LogP contribution in [0.1, 0.15) is 46.6 Å². The Morgan fingerprint density at radius 3 is 2.05 bits per heavy atom. The SMILES string of the molecule is Cc1c(C(=O)Nc2ccccc2)c(-c2ccccc2)c(Cc2ccccc2)n1CC[C@@H](O)C[C@@H](O)CC(=O)O. The third-order valence-electron chi connectivity index (χ3n) is 6.81. The Kier molecular flexibility index (Phi) is 9.31. The van der Waals surface area contributed by atoms with Gasteiger partial charge in [-0.2, -0.15) is 0 Å². The van der Waals surface area contributed by atoms with Crippen molar-refractivity contribution < 1.29 is 24.9 Å². The molecular formula is C32H34N2O5. The van der Waals surface area contributed by atoms with Crippen molar-refractivity contribution in [2.45, 2.75) is 51.4 Å². The smallest absolute Gasteiger partial charge is 0.305 e. The Bertz CT molecular complexity index is 1380. The van der Waals surface area contributed by atoms with Crippen molar-refractivity contribution in [3.8, 4) is 11.1 Å². The van der Waals surface area contributed by atoms with E-state index in [9.17, 15) is 19.8 Å². The molecule has 7 nitrogen and oxygen atoms in total. The largest absolute Gasteiger partial charge is 0.481 e. The lowest BCUT2D eigenvalue weighted by molar-refractivity contribution is -0.139. The van der Waals surface area contributed by atoms with Crippen LogP contribution in [-0.2, 0) is 17.8 Å². The van der Waals surface area contributed by atoms with Gasteiger partial charge in [0.25, 0.3) is 5.91 Å². The van der Waals surface area contributed by atoms with E-state index in [0.717, 1.165) is 28.1 Å². The van der Waals surface area contributed by atoms with E-state index in [2.05, 4.69) is 9.88 Å². The Hall–Kier alpha value is -4.20. The van der Waals surface area contributed by atoms with Gasteiger partial charge in [0.1, 0.15) is 0 Å². The molecule has 1 heterocycles. The normalized spacial score (nSPS) is 12.6. The molecule has 0 saturated carbocycles. The molecule has 2 atom stereocenters. The van der Waals surface area contributed by atoms with Crippen molar-refractivity contribution in [1.82, 2.24) is 4.57 Å². The van der Waals surface area contributed by atoms with Crippen LogP contribution in [0.4, 0.5) is 5.69 Å². The van der Waals surface area contributed by atoms with E-state index in [-0.39, 0.29) is 12.3 Å². The average molecular weight is 527 g/mol. The number of hydrogen-bond donors (Lipinski definition) is 4. The molecule has 0 aliphatic heterocycles. The molecule has 4 N–H and O–H groups in total. The highest BCUT2D eigenvalue weighted by Gasteiger charge is 2.27. The van der Waals surface area contributed by atoms with Gasteiger partial charge in [0, 0.05) is 35.6 Å². The molecule has 0 aliphatic carbocycles. The number of carbonyl (C=O) groups is 2. The summed E-state index contributed by atoms with van der Waals surface area (Å²) < 4.78 is 2.07. The van der Waals surface area contributed by atoms with E-state index in [1.165, 1.54) is 0 Å². The summed E-state index contributed by atoms with van der Waals surface area (Å²) in [6, 6.07) is 29.1. The molecule has 3 aromatic carbocycles. The van der Waals surface area contributed by atoms with Gasteiger partial charge >= 0.3 is 5.97 Å². The first-order valence-corrected chi connectivity index (χ1v) is 13.1. The van der Waals surface area contributed by atoms with Crippen molar-refractivity contribution >= 4 is 17.6 Å². The number of rotatable bonds is 12. The molecule has 1 aromatic heterocycles. The zero-order valence-corrected chi connectivity index (χ0v) is 22.0. The first-order chi connectivity index (χ1) is 18.8. The fourth-order valence-corrected chi connectivity index (χ4v) is 4.98. The minimum absolute atomic E-state index is 0.0342. The number of para-hydroxylation sites is 1. The van der Waals surface area contributed by atoms with Crippen LogP contribution in [-0.4, -0.2) is 44.0 Å². The molecule has 0 bridgehead atoms. The maximum absolute atomic E-state index is 13.8.